The fraction of sp³-hybridized carbons (Fsp3) is 0.450. The fourth-order valence-corrected chi connectivity index (χ4v) is 4.80. The Morgan fingerprint density at radius 2 is 2.07 bits per heavy atom. The summed E-state index contributed by atoms with van der Waals surface area (Å²) in [5.74, 6) is 1.06. The van der Waals surface area contributed by atoms with Gasteiger partial charge >= 0.3 is 0 Å². The van der Waals surface area contributed by atoms with E-state index in [1.54, 1.807) is 23.4 Å². The normalized spacial score (nSPS) is 30.5. The number of pyridine rings is 1. The van der Waals surface area contributed by atoms with E-state index in [0.29, 0.717) is 11.8 Å². The van der Waals surface area contributed by atoms with Crippen molar-refractivity contribution in [2.45, 2.75) is 44.0 Å². The number of likely N-dealkylation sites (tertiary alicyclic amines) is 1. The highest BCUT2D eigenvalue weighted by Gasteiger charge is 2.50. The number of hydrogen-bond donors (Lipinski definition) is 0. The van der Waals surface area contributed by atoms with Crippen LogP contribution in [0.2, 0.25) is 0 Å². The Bertz CT molecular complexity index is 958. The van der Waals surface area contributed by atoms with Gasteiger partial charge in [0.1, 0.15) is 12.1 Å². The first-order chi connectivity index (χ1) is 14.1. The first-order valence-electron chi connectivity index (χ1n) is 9.75. The second-order valence-corrected chi connectivity index (χ2v) is 8.70. The van der Waals surface area contributed by atoms with E-state index >= 15 is 0 Å². The Morgan fingerprint density at radius 1 is 1.24 bits per heavy atom. The molecule has 2 aliphatic heterocycles. The average molecular weight is 457 g/mol. The molecule has 5 rings (SSSR count). The molecule has 5 unspecified atom stereocenters. The van der Waals surface area contributed by atoms with Gasteiger partial charge in [-0.1, -0.05) is 6.08 Å². The van der Waals surface area contributed by atoms with Crippen molar-refractivity contribution in [3.8, 4) is 5.88 Å². The van der Waals surface area contributed by atoms with Crippen LogP contribution in [0.1, 0.15) is 25.8 Å². The summed E-state index contributed by atoms with van der Waals surface area (Å²) in [6.07, 6.45) is 10.7. The number of fused-ring (bicyclic) bond motifs is 2. The standard InChI is InChI=1S/C20H21BrN6O2/c1-12-2-4-15(27-23-6-7-24-27)19(25-12)20(28)26-11-13-8-16(26)17(9-13)29-18-5-3-14(21)10-22-18/h2-7,10,13,15-17,19H,8-9,11H2,1H3. The third kappa shape index (κ3) is 3.48. The number of hydrogen-bond acceptors (Lipinski definition) is 6. The van der Waals surface area contributed by atoms with Crippen molar-refractivity contribution in [1.29, 1.82) is 0 Å². The molecule has 5 atom stereocenters. The van der Waals surface area contributed by atoms with E-state index in [1.807, 2.05) is 36.1 Å². The average Bonchev–Trinajstić information content (AvgIpc) is 3.46. The molecule has 1 amide bonds. The van der Waals surface area contributed by atoms with Crippen LogP contribution in [0.25, 0.3) is 0 Å². The van der Waals surface area contributed by atoms with Gasteiger partial charge in [0.25, 0.3) is 0 Å². The summed E-state index contributed by atoms with van der Waals surface area (Å²) in [6.45, 7) is 2.66. The number of rotatable bonds is 4. The van der Waals surface area contributed by atoms with Crippen molar-refractivity contribution in [2.24, 2.45) is 10.9 Å². The molecule has 1 aliphatic carbocycles. The van der Waals surface area contributed by atoms with Crippen LogP contribution in [0.4, 0.5) is 0 Å². The number of carbonyl (C=O) groups is 1. The Morgan fingerprint density at radius 3 is 2.79 bits per heavy atom. The van der Waals surface area contributed by atoms with E-state index in [-0.39, 0.29) is 24.1 Å². The number of carbonyl (C=O) groups excluding carboxylic acids is 1. The Hall–Kier alpha value is -2.55. The van der Waals surface area contributed by atoms with Crippen molar-refractivity contribution in [2.75, 3.05) is 6.54 Å². The molecule has 2 aromatic heterocycles. The van der Waals surface area contributed by atoms with Gasteiger partial charge in [-0.15, -0.1) is 0 Å². The summed E-state index contributed by atoms with van der Waals surface area (Å²) >= 11 is 3.39. The molecule has 2 fully saturated rings. The van der Waals surface area contributed by atoms with Crippen molar-refractivity contribution >= 4 is 27.5 Å². The largest absolute Gasteiger partial charge is 0.472 e. The number of piperidine rings is 1. The van der Waals surface area contributed by atoms with E-state index in [1.165, 1.54) is 0 Å². The molecule has 4 heterocycles. The highest BCUT2D eigenvalue weighted by molar-refractivity contribution is 9.10. The zero-order valence-electron chi connectivity index (χ0n) is 15.9. The predicted octanol–water partition coefficient (Wildman–Crippen LogP) is 2.44. The van der Waals surface area contributed by atoms with E-state index in [0.717, 1.165) is 29.6 Å². The van der Waals surface area contributed by atoms with Crippen LogP contribution in [-0.4, -0.2) is 61.2 Å². The topological polar surface area (TPSA) is 85.5 Å². The summed E-state index contributed by atoms with van der Waals surface area (Å²) in [7, 11) is 0. The summed E-state index contributed by atoms with van der Waals surface area (Å²) in [6, 6.07) is 2.93. The maximum Gasteiger partial charge on any atom is 0.250 e. The Kier molecular flexibility index (Phi) is 4.69. The Labute approximate surface area is 176 Å². The molecular formula is C20H21BrN6O2. The minimum Gasteiger partial charge on any atom is -0.472 e. The van der Waals surface area contributed by atoms with Gasteiger partial charge in [0.2, 0.25) is 11.8 Å². The third-order valence-electron chi connectivity index (χ3n) is 5.84. The van der Waals surface area contributed by atoms with Crippen LogP contribution >= 0.6 is 15.9 Å². The van der Waals surface area contributed by atoms with Gasteiger partial charge in [0, 0.05) is 29.0 Å². The minimum atomic E-state index is -0.557. The van der Waals surface area contributed by atoms with Gasteiger partial charge in [-0.2, -0.15) is 15.0 Å². The highest BCUT2D eigenvalue weighted by atomic mass is 79.9. The molecule has 0 aromatic carbocycles. The van der Waals surface area contributed by atoms with Gasteiger partial charge in [0.15, 0.2) is 6.04 Å². The van der Waals surface area contributed by atoms with Gasteiger partial charge in [0.05, 0.1) is 18.4 Å². The quantitative estimate of drug-likeness (QED) is 0.704. The van der Waals surface area contributed by atoms with Gasteiger partial charge in [-0.3, -0.25) is 9.79 Å². The van der Waals surface area contributed by atoms with Crippen molar-refractivity contribution < 1.29 is 9.53 Å². The molecule has 9 heteroatoms. The van der Waals surface area contributed by atoms with Gasteiger partial charge < -0.3 is 9.64 Å². The van der Waals surface area contributed by atoms with E-state index < -0.39 is 6.04 Å². The molecule has 0 spiro atoms. The summed E-state index contributed by atoms with van der Waals surface area (Å²) < 4.78 is 7.06. The number of amides is 1. The SMILES string of the molecule is CC1=NC(C(=O)N2CC3CC(Oc4ccc(Br)cn4)C2C3)C(n2nccn2)C=C1. The second kappa shape index (κ2) is 7.37. The van der Waals surface area contributed by atoms with Crippen molar-refractivity contribution in [3.05, 3.63) is 47.3 Å². The highest BCUT2D eigenvalue weighted by Crippen LogP contribution is 2.40. The fourth-order valence-electron chi connectivity index (χ4n) is 4.57. The summed E-state index contributed by atoms with van der Waals surface area (Å²) in [5.41, 5.74) is 0.836. The lowest BCUT2D eigenvalue weighted by molar-refractivity contribution is -0.137. The molecule has 2 aromatic rings. The molecule has 0 radical (unpaired) electrons. The third-order valence-corrected chi connectivity index (χ3v) is 6.31. The van der Waals surface area contributed by atoms with Crippen LogP contribution < -0.4 is 4.74 Å². The van der Waals surface area contributed by atoms with Crippen molar-refractivity contribution in [3.63, 3.8) is 0 Å². The summed E-state index contributed by atoms with van der Waals surface area (Å²) in [4.78, 5) is 26.0. The number of aliphatic imine (C=N–C) groups is 1. The lowest BCUT2D eigenvalue weighted by Crippen LogP contribution is -2.52. The predicted molar refractivity (Wildman–Crippen MR) is 110 cm³/mol. The maximum atomic E-state index is 13.5. The lowest BCUT2D eigenvalue weighted by Gasteiger charge is -2.36. The number of allylic oxidation sites excluding steroid dienone is 1. The minimum absolute atomic E-state index is 0.0144. The van der Waals surface area contributed by atoms with Crippen LogP contribution in [0.5, 0.6) is 5.88 Å². The van der Waals surface area contributed by atoms with E-state index in [9.17, 15) is 4.79 Å². The van der Waals surface area contributed by atoms with Crippen LogP contribution in [0.15, 0.2) is 52.3 Å². The summed E-state index contributed by atoms with van der Waals surface area (Å²) in [5, 5.41) is 8.46. The molecule has 1 saturated heterocycles. The number of halogens is 1. The van der Waals surface area contributed by atoms with E-state index in [2.05, 4.69) is 36.1 Å². The first kappa shape index (κ1) is 18.5. The lowest BCUT2D eigenvalue weighted by atomic mass is 10.0. The van der Waals surface area contributed by atoms with Crippen LogP contribution in [0, 0.1) is 5.92 Å². The molecule has 8 nitrogen and oxygen atoms in total. The number of ether oxygens (including phenoxy) is 1. The van der Waals surface area contributed by atoms with Crippen LogP contribution in [0.3, 0.4) is 0 Å². The number of dihydropyridines is 1. The first-order valence-corrected chi connectivity index (χ1v) is 10.5. The molecule has 150 valence electrons. The van der Waals surface area contributed by atoms with Gasteiger partial charge in [-0.25, -0.2) is 4.98 Å². The Balaban J connectivity index is 1.35. The molecular weight excluding hydrogens is 436 g/mol. The molecule has 29 heavy (non-hydrogen) atoms. The molecule has 3 aliphatic rings. The monoisotopic (exact) mass is 456 g/mol. The van der Waals surface area contributed by atoms with Crippen molar-refractivity contribution in [1.82, 2.24) is 24.9 Å². The zero-order chi connectivity index (χ0) is 20.0. The smallest absolute Gasteiger partial charge is 0.250 e. The van der Waals surface area contributed by atoms with Crippen LogP contribution in [-0.2, 0) is 4.79 Å². The number of aromatic nitrogens is 4. The maximum absolute atomic E-state index is 13.5. The molecule has 1 saturated carbocycles. The van der Waals surface area contributed by atoms with Gasteiger partial charge in [-0.05, 0) is 53.8 Å². The zero-order valence-corrected chi connectivity index (χ0v) is 17.5. The number of nitrogens with zero attached hydrogens (tertiary/aromatic N) is 6. The second-order valence-electron chi connectivity index (χ2n) is 7.78. The van der Waals surface area contributed by atoms with E-state index in [4.69, 9.17) is 4.74 Å². The molecule has 0 N–H and O–H groups in total. The molecule has 2 bridgehead atoms.